The van der Waals surface area contributed by atoms with Gasteiger partial charge in [0.2, 0.25) is 0 Å². The first-order chi connectivity index (χ1) is 19.2. The Morgan fingerprint density at radius 2 is 1.98 bits per heavy atom. The second-order valence-electron chi connectivity index (χ2n) is 11.5. The van der Waals surface area contributed by atoms with Crippen molar-refractivity contribution in [2.45, 2.75) is 56.8 Å². The molecule has 3 heterocycles. The summed E-state index contributed by atoms with van der Waals surface area (Å²) in [4.78, 5) is 20.4. The minimum Gasteiger partial charge on any atom is -0.508 e. The molecule has 6 rings (SSSR count). The van der Waals surface area contributed by atoms with Crippen molar-refractivity contribution in [3.8, 4) is 5.75 Å². The highest BCUT2D eigenvalue weighted by atomic mass is 35.5. The monoisotopic (exact) mass is 589 g/mol. The lowest BCUT2D eigenvalue weighted by atomic mass is 9.85. The molecular weight excluding hydrogens is 556 g/mol. The molecule has 0 unspecified atom stereocenters. The standard InChI is InChI=1S/C30H34Cl2FN3O4/c1-18-14-34(9-10-36(18)23-5-6-27(33)25(13-23)19(2)37)24-7-8-30(40-16-24,21-3-4-21)29(38)35-15-20-11-22(31)12-26(32)28(20)39-17-35/h5-6,11-13,18,21,24,37H,2-4,7-10,14-17H2,1H3/t18-,24+,30-/m0/s1. The van der Waals surface area contributed by atoms with Crippen LogP contribution in [0.25, 0.3) is 5.76 Å². The van der Waals surface area contributed by atoms with Gasteiger partial charge in [0.05, 0.1) is 23.7 Å². The lowest BCUT2D eigenvalue weighted by molar-refractivity contribution is -0.180. The third kappa shape index (κ3) is 5.04. The van der Waals surface area contributed by atoms with Gasteiger partial charge >= 0.3 is 0 Å². The molecular formula is C30H34Cl2FN3O4. The number of aliphatic hydroxyl groups is 1. The molecule has 3 aliphatic heterocycles. The lowest BCUT2D eigenvalue weighted by Gasteiger charge is -2.48. The number of ether oxygens (including phenoxy) is 2. The van der Waals surface area contributed by atoms with E-state index in [2.05, 4.69) is 23.3 Å². The molecule has 4 aliphatic rings. The fourth-order valence-electron chi connectivity index (χ4n) is 6.58. The van der Waals surface area contributed by atoms with E-state index in [-0.39, 0.29) is 42.0 Å². The van der Waals surface area contributed by atoms with Gasteiger partial charge in [0.15, 0.2) is 6.73 Å². The normalized spacial score (nSPS) is 27.2. The molecule has 10 heteroatoms. The Kier molecular flexibility index (Phi) is 7.40. The summed E-state index contributed by atoms with van der Waals surface area (Å²) >= 11 is 12.5. The summed E-state index contributed by atoms with van der Waals surface area (Å²) in [5.41, 5.74) is 0.984. The first-order valence-corrected chi connectivity index (χ1v) is 14.6. The summed E-state index contributed by atoms with van der Waals surface area (Å²) in [7, 11) is 0. The molecule has 1 aliphatic carbocycles. The van der Waals surface area contributed by atoms with Crippen molar-refractivity contribution in [3.05, 3.63) is 63.9 Å². The van der Waals surface area contributed by atoms with E-state index in [9.17, 15) is 14.3 Å². The van der Waals surface area contributed by atoms with Gasteiger partial charge in [0.25, 0.3) is 5.91 Å². The molecule has 1 saturated carbocycles. The molecule has 2 aromatic carbocycles. The van der Waals surface area contributed by atoms with Crippen LogP contribution in [0.3, 0.4) is 0 Å². The first-order valence-electron chi connectivity index (χ1n) is 13.9. The summed E-state index contributed by atoms with van der Waals surface area (Å²) in [6.07, 6.45) is 3.54. The van der Waals surface area contributed by atoms with Gasteiger partial charge in [0.1, 0.15) is 22.9 Å². The van der Waals surface area contributed by atoms with Gasteiger partial charge in [-0.1, -0.05) is 29.8 Å². The molecule has 214 valence electrons. The van der Waals surface area contributed by atoms with Gasteiger partial charge in [0, 0.05) is 48.0 Å². The molecule has 7 nitrogen and oxygen atoms in total. The SMILES string of the molecule is C=C(O)c1cc(N2CCN([C@@H]3CC[C@@](C(=O)N4COc5c(Cl)cc(Cl)cc5C4)(C4CC4)OC3)C[C@@H]2C)ccc1F. The van der Waals surface area contributed by atoms with Crippen molar-refractivity contribution >= 4 is 40.6 Å². The summed E-state index contributed by atoms with van der Waals surface area (Å²) in [6, 6.07) is 8.65. The number of rotatable bonds is 5. The molecule has 1 N–H and O–H groups in total. The van der Waals surface area contributed by atoms with E-state index < -0.39 is 11.4 Å². The van der Waals surface area contributed by atoms with Crippen LogP contribution in [-0.4, -0.2) is 71.5 Å². The second kappa shape index (κ2) is 10.7. The van der Waals surface area contributed by atoms with Crippen LogP contribution < -0.4 is 9.64 Å². The van der Waals surface area contributed by atoms with Crippen molar-refractivity contribution in [3.63, 3.8) is 0 Å². The van der Waals surface area contributed by atoms with Gasteiger partial charge in [-0.05, 0) is 68.9 Å². The predicted molar refractivity (Wildman–Crippen MR) is 153 cm³/mol. The number of benzene rings is 2. The smallest absolute Gasteiger partial charge is 0.258 e. The number of hydrogen-bond donors (Lipinski definition) is 1. The van der Waals surface area contributed by atoms with Crippen molar-refractivity contribution in [1.29, 1.82) is 0 Å². The molecule has 40 heavy (non-hydrogen) atoms. The van der Waals surface area contributed by atoms with Gasteiger partial charge in [-0.15, -0.1) is 0 Å². The van der Waals surface area contributed by atoms with E-state index in [1.165, 1.54) is 6.07 Å². The molecule has 0 radical (unpaired) electrons. The van der Waals surface area contributed by atoms with E-state index in [0.717, 1.165) is 50.1 Å². The zero-order valence-electron chi connectivity index (χ0n) is 22.5. The molecule has 0 bridgehead atoms. The summed E-state index contributed by atoms with van der Waals surface area (Å²) in [6.45, 7) is 9.09. The van der Waals surface area contributed by atoms with Crippen LogP contribution in [-0.2, 0) is 16.1 Å². The Hall–Kier alpha value is -2.52. The van der Waals surface area contributed by atoms with Crippen LogP contribution in [0.4, 0.5) is 10.1 Å². The zero-order chi connectivity index (χ0) is 28.2. The Balaban J connectivity index is 1.10. The third-order valence-corrected chi connectivity index (χ3v) is 9.35. The minimum atomic E-state index is -0.815. The molecule has 0 spiro atoms. The predicted octanol–water partition coefficient (Wildman–Crippen LogP) is 5.88. The van der Waals surface area contributed by atoms with Crippen molar-refractivity contribution in [1.82, 2.24) is 9.80 Å². The lowest BCUT2D eigenvalue weighted by Crippen LogP contribution is -2.61. The first kappa shape index (κ1) is 27.6. The van der Waals surface area contributed by atoms with Crippen molar-refractivity contribution in [2.24, 2.45) is 5.92 Å². The van der Waals surface area contributed by atoms with E-state index >= 15 is 0 Å². The van der Waals surface area contributed by atoms with E-state index in [0.29, 0.717) is 35.4 Å². The van der Waals surface area contributed by atoms with Crippen LogP contribution in [0.5, 0.6) is 5.75 Å². The zero-order valence-corrected chi connectivity index (χ0v) is 24.1. The minimum absolute atomic E-state index is 0.00836. The molecule has 2 aromatic rings. The number of carbonyl (C=O) groups excluding carboxylic acids is 1. The van der Waals surface area contributed by atoms with Crippen LogP contribution in [0.15, 0.2) is 36.9 Å². The fourth-order valence-corrected chi connectivity index (χ4v) is 7.17. The second-order valence-corrected chi connectivity index (χ2v) is 12.3. The van der Waals surface area contributed by atoms with Crippen LogP contribution in [0, 0.1) is 11.7 Å². The van der Waals surface area contributed by atoms with E-state index in [4.69, 9.17) is 32.7 Å². The largest absolute Gasteiger partial charge is 0.508 e. The summed E-state index contributed by atoms with van der Waals surface area (Å²) < 4.78 is 26.5. The van der Waals surface area contributed by atoms with Gasteiger partial charge < -0.3 is 24.4 Å². The highest BCUT2D eigenvalue weighted by molar-refractivity contribution is 6.35. The number of hydrogen-bond acceptors (Lipinski definition) is 6. The molecule has 0 aromatic heterocycles. The van der Waals surface area contributed by atoms with E-state index in [1.807, 2.05) is 0 Å². The number of piperazine rings is 1. The Morgan fingerprint density at radius 1 is 1.18 bits per heavy atom. The number of carbonyl (C=O) groups is 1. The fraction of sp³-hybridized carbons (Fsp3) is 0.500. The van der Waals surface area contributed by atoms with Crippen molar-refractivity contribution < 1.29 is 23.8 Å². The maximum Gasteiger partial charge on any atom is 0.258 e. The number of nitrogens with zero attached hydrogens (tertiary/aromatic N) is 3. The maximum atomic E-state index is 14.1. The van der Waals surface area contributed by atoms with Crippen LogP contribution >= 0.6 is 23.2 Å². The van der Waals surface area contributed by atoms with Gasteiger partial charge in [-0.3, -0.25) is 9.69 Å². The van der Waals surface area contributed by atoms with Crippen molar-refractivity contribution in [2.75, 3.05) is 37.9 Å². The average molecular weight is 591 g/mol. The highest BCUT2D eigenvalue weighted by Gasteiger charge is 2.56. The molecule has 1 amide bonds. The van der Waals surface area contributed by atoms with Gasteiger partial charge in [-0.25, -0.2) is 4.39 Å². The number of fused-ring (bicyclic) bond motifs is 1. The molecule has 2 saturated heterocycles. The van der Waals surface area contributed by atoms with Crippen LogP contribution in [0.1, 0.15) is 43.7 Å². The Morgan fingerprint density at radius 3 is 2.65 bits per heavy atom. The van der Waals surface area contributed by atoms with Crippen LogP contribution in [0.2, 0.25) is 10.0 Å². The number of anilines is 1. The number of amides is 1. The molecule has 3 atom stereocenters. The molecule has 3 fully saturated rings. The topological polar surface area (TPSA) is 65.5 Å². The summed E-state index contributed by atoms with van der Waals surface area (Å²) in [5, 5.41) is 10.7. The quantitative estimate of drug-likeness (QED) is 0.439. The third-order valence-electron chi connectivity index (χ3n) is 8.85. The average Bonchev–Trinajstić information content (AvgIpc) is 3.79. The number of halogens is 3. The van der Waals surface area contributed by atoms with E-state index in [1.54, 1.807) is 29.2 Å². The van der Waals surface area contributed by atoms with Gasteiger partial charge in [-0.2, -0.15) is 0 Å². The Labute approximate surface area is 244 Å². The Bertz CT molecular complexity index is 1330. The summed E-state index contributed by atoms with van der Waals surface area (Å²) in [5.74, 6) is 0.0581. The highest BCUT2D eigenvalue weighted by Crippen LogP contribution is 2.49. The number of aliphatic hydroxyl groups excluding tert-OH is 1. The maximum absolute atomic E-state index is 14.1.